The highest BCUT2D eigenvalue weighted by atomic mass is 32.2. The molecule has 1 rings (SSSR count). The van der Waals surface area contributed by atoms with E-state index in [1.807, 2.05) is 12.3 Å². The summed E-state index contributed by atoms with van der Waals surface area (Å²) in [5, 5.41) is 2.95. The molecule has 0 atom stereocenters. The molecular weight excluding hydrogens is 244 g/mol. The number of rotatable bonds is 6. The van der Waals surface area contributed by atoms with Crippen molar-refractivity contribution in [3.63, 3.8) is 0 Å². The van der Waals surface area contributed by atoms with Gasteiger partial charge in [-0.2, -0.15) is 0 Å². The van der Waals surface area contributed by atoms with Crippen LogP contribution in [0.2, 0.25) is 0 Å². The van der Waals surface area contributed by atoms with E-state index < -0.39 is 10.0 Å². The van der Waals surface area contributed by atoms with Crippen LogP contribution < -0.4 is 4.72 Å². The highest BCUT2D eigenvalue weighted by molar-refractivity contribution is 7.89. The van der Waals surface area contributed by atoms with Gasteiger partial charge in [0.15, 0.2) is 0 Å². The molecule has 0 spiro atoms. The Morgan fingerprint density at radius 2 is 2.19 bits per heavy atom. The lowest BCUT2D eigenvalue weighted by atomic mass is 10.2. The second-order valence-corrected chi connectivity index (χ2v) is 6.79. The van der Waals surface area contributed by atoms with Crippen LogP contribution >= 0.6 is 11.3 Å². The summed E-state index contributed by atoms with van der Waals surface area (Å²) in [6.07, 6.45) is 0.629. The maximum Gasteiger partial charge on any atom is 0.211 e. The predicted octanol–water partition coefficient (Wildman–Crippen LogP) is 2.10. The molecule has 1 N–H and O–H groups in total. The van der Waals surface area contributed by atoms with Crippen LogP contribution in [0.3, 0.4) is 0 Å². The summed E-state index contributed by atoms with van der Waals surface area (Å²) >= 11 is 1.58. The molecule has 6 heteroatoms. The van der Waals surface area contributed by atoms with Gasteiger partial charge in [-0.1, -0.05) is 20.8 Å². The topological polar surface area (TPSA) is 59.1 Å². The van der Waals surface area contributed by atoms with Gasteiger partial charge in [-0.15, -0.1) is 11.3 Å². The first-order valence-electron chi connectivity index (χ1n) is 5.36. The molecule has 1 aromatic rings. The highest BCUT2D eigenvalue weighted by Crippen LogP contribution is 2.18. The van der Waals surface area contributed by atoms with Gasteiger partial charge in [-0.05, 0) is 6.42 Å². The van der Waals surface area contributed by atoms with Crippen LogP contribution in [0, 0.1) is 0 Å². The Bertz CT molecular complexity index is 424. The molecule has 0 unspecified atom stereocenters. The Kier molecular flexibility index (Phi) is 4.89. The summed E-state index contributed by atoms with van der Waals surface area (Å²) in [4.78, 5) is 4.36. The van der Waals surface area contributed by atoms with Crippen molar-refractivity contribution in [1.82, 2.24) is 9.71 Å². The number of thiazole rings is 1. The van der Waals surface area contributed by atoms with Gasteiger partial charge in [0.05, 0.1) is 23.0 Å². The van der Waals surface area contributed by atoms with Gasteiger partial charge < -0.3 is 0 Å². The summed E-state index contributed by atoms with van der Waals surface area (Å²) in [6, 6.07) is 0. The van der Waals surface area contributed by atoms with E-state index in [4.69, 9.17) is 0 Å². The summed E-state index contributed by atoms with van der Waals surface area (Å²) in [5.74, 6) is 0.569. The van der Waals surface area contributed by atoms with E-state index in [0.29, 0.717) is 18.9 Å². The van der Waals surface area contributed by atoms with E-state index in [1.54, 1.807) is 11.3 Å². The van der Waals surface area contributed by atoms with Crippen molar-refractivity contribution in [2.75, 3.05) is 5.75 Å². The average molecular weight is 262 g/mol. The van der Waals surface area contributed by atoms with Crippen molar-refractivity contribution in [3.05, 3.63) is 16.1 Å². The number of hydrogen-bond acceptors (Lipinski definition) is 4. The molecule has 0 bridgehead atoms. The summed E-state index contributed by atoms with van der Waals surface area (Å²) in [7, 11) is -3.13. The molecule has 1 heterocycles. The molecule has 92 valence electrons. The van der Waals surface area contributed by atoms with E-state index in [0.717, 1.165) is 10.7 Å². The second-order valence-electron chi connectivity index (χ2n) is 3.97. The van der Waals surface area contributed by atoms with Crippen LogP contribution in [0.15, 0.2) is 5.38 Å². The molecule has 16 heavy (non-hydrogen) atoms. The van der Waals surface area contributed by atoms with E-state index in [9.17, 15) is 8.42 Å². The van der Waals surface area contributed by atoms with E-state index >= 15 is 0 Å². The van der Waals surface area contributed by atoms with Crippen molar-refractivity contribution in [3.8, 4) is 0 Å². The lowest BCUT2D eigenvalue weighted by Gasteiger charge is -2.03. The number of aromatic nitrogens is 1. The van der Waals surface area contributed by atoms with Crippen molar-refractivity contribution in [2.24, 2.45) is 0 Å². The van der Waals surface area contributed by atoms with Crippen molar-refractivity contribution in [2.45, 2.75) is 39.7 Å². The third-order valence-electron chi connectivity index (χ3n) is 2.01. The van der Waals surface area contributed by atoms with Crippen LogP contribution in [0.5, 0.6) is 0 Å². The Labute approximate surface area is 101 Å². The standard InChI is InChI=1S/C10H18N2O2S2/c1-4-5-16(13,14)11-6-9-7-15-10(12-9)8(2)3/h7-8,11H,4-6H2,1-3H3. The first kappa shape index (κ1) is 13.6. The highest BCUT2D eigenvalue weighted by Gasteiger charge is 2.10. The van der Waals surface area contributed by atoms with Gasteiger partial charge in [-0.3, -0.25) is 0 Å². The predicted molar refractivity (Wildman–Crippen MR) is 67.1 cm³/mol. The SMILES string of the molecule is CCCS(=O)(=O)NCc1csc(C(C)C)n1. The molecule has 0 aliphatic rings. The van der Waals surface area contributed by atoms with E-state index in [-0.39, 0.29) is 5.75 Å². The Morgan fingerprint density at radius 3 is 2.69 bits per heavy atom. The zero-order valence-corrected chi connectivity index (χ0v) is 11.5. The second kappa shape index (κ2) is 5.75. The zero-order chi connectivity index (χ0) is 12.2. The number of nitrogens with one attached hydrogen (secondary N) is 1. The lowest BCUT2D eigenvalue weighted by Crippen LogP contribution is -2.25. The molecule has 0 saturated carbocycles. The fraction of sp³-hybridized carbons (Fsp3) is 0.700. The van der Waals surface area contributed by atoms with Crippen molar-refractivity contribution in [1.29, 1.82) is 0 Å². The van der Waals surface area contributed by atoms with Crippen LogP contribution in [-0.2, 0) is 16.6 Å². The zero-order valence-electron chi connectivity index (χ0n) is 9.86. The Morgan fingerprint density at radius 1 is 1.50 bits per heavy atom. The first-order chi connectivity index (χ1) is 7.44. The monoisotopic (exact) mass is 262 g/mol. The van der Waals surface area contributed by atoms with E-state index in [2.05, 4.69) is 23.6 Å². The minimum atomic E-state index is -3.13. The molecule has 4 nitrogen and oxygen atoms in total. The van der Waals surface area contributed by atoms with Crippen LogP contribution in [0.25, 0.3) is 0 Å². The molecule has 0 aromatic carbocycles. The Hall–Kier alpha value is -0.460. The van der Waals surface area contributed by atoms with Gasteiger partial charge in [0, 0.05) is 11.3 Å². The summed E-state index contributed by atoms with van der Waals surface area (Å²) in [6.45, 7) is 6.29. The van der Waals surface area contributed by atoms with Crippen LogP contribution in [0.1, 0.15) is 43.8 Å². The molecule has 0 aliphatic carbocycles. The quantitative estimate of drug-likeness (QED) is 0.854. The van der Waals surface area contributed by atoms with Gasteiger partial charge in [0.1, 0.15) is 0 Å². The fourth-order valence-electron chi connectivity index (χ4n) is 1.19. The smallest absolute Gasteiger partial charge is 0.211 e. The molecule has 0 fully saturated rings. The number of hydrogen-bond donors (Lipinski definition) is 1. The van der Waals surface area contributed by atoms with Crippen molar-refractivity contribution < 1.29 is 8.42 Å². The molecule has 0 aliphatic heterocycles. The van der Waals surface area contributed by atoms with Crippen LogP contribution in [0.4, 0.5) is 0 Å². The molecule has 0 radical (unpaired) electrons. The normalized spacial score (nSPS) is 12.2. The molecule has 1 aromatic heterocycles. The van der Waals surface area contributed by atoms with Gasteiger partial charge in [0.25, 0.3) is 0 Å². The van der Waals surface area contributed by atoms with Crippen LogP contribution in [-0.4, -0.2) is 19.2 Å². The maximum atomic E-state index is 11.4. The maximum absolute atomic E-state index is 11.4. The molecule has 0 saturated heterocycles. The fourth-order valence-corrected chi connectivity index (χ4v) is 3.08. The third-order valence-corrected chi connectivity index (χ3v) is 4.73. The molecule has 0 amide bonds. The summed E-state index contributed by atoms with van der Waals surface area (Å²) < 4.78 is 25.4. The summed E-state index contributed by atoms with van der Waals surface area (Å²) in [5.41, 5.74) is 0.799. The Balaban J connectivity index is 2.55. The minimum Gasteiger partial charge on any atom is -0.245 e. The first-order valence-corrected chi connectivity index (χ1v) is 7.89. The third kappa shape index (κ3) is 4.19. The number of sulfonamides is 1. The van der Waals surface area contributed by atoms with E-state index in [1.165, 1.54) is 0 Å². The van der Waals surface area contributed by atoms with Gasteiger partial charge in [-0.25, -0.2) is 18.1 Å². The van der Waals surface area contributed by atoms with Crippen molar-refractivity contribution >= 4 is 21.4 Å². The molecular formula is C10H18N2O2S2. The van der Waals surface area contributed by atoms with Gasteiger partial charge >= 0.3 is 0 Å². The van der Waals surface area contributed by atoms with Gasteiger partial charge in [0.2, 0.25) is 10.0 Å². The lowest BCUT2D eigenvalue weighted by molar-refractivity contribution is 0.579. The largest absolute Gasteiger partial charge is 0.245 e. The minimum absolute atomic E-state index is 0.175. The number of nitrogens with zero attached hydrogens (tertiary/aromatic N) is 1. The average Bonchev–Trinajstić information content (AvgIpc) is 2.63.